The van der Waals surface area contributed by atoms with Crippen LogP contribution in [0.2, 0.25) is 0 Å². The molecule has 1 saturated heterocycles. The number of carbonyl (C=O) groups is 4. The van der Waals surface area contributed by atoms with Gasteiger partial charge in [0.25, 0.3) is 5.91 Å². The van der Waals surface area contributed by atoms with Gasteiger partial charge in [-0.2, -0.15) is 0 Å². The number of urea groups is 1. The first-order chi connectivity index (χ1) is 19.9. The summed E-state index contributed by atoms with van der Waals surface area (Å²) in [6.45, 7) is 5.94. The SMILES string of the molecule is CCOC(=O)C1CCN(C(=O)CCN2CC3=C(C2=O)C(c2cccc(Oc4ccccc4)c2)NC(=O)N3CC)CC1. The third-order valence-electron chi connectivity index (χ3n) is 7.85. The Balaban J connectivity index is 1.26. The number of likely N-dealkylation sites (N-methyl/N-ethyl adjacent to an activating group) is 1. The Kier molecular flexibility index (Phi) is 8.56. The molecule has 3 aliphatic rings. The quantitative estimate of drug-likeness (QED) is 0.467. The van der Waals surface area contributed by atoms with E-state index in [4.69, 9.17) is 9.47 Å². The lowest BCUT2D eigenvalue weighted by Gasteiger charge is -2.33. The Hall–Kier alpha value is -4.34. The molecule has 0 spiro atoms. The monoisotopic (exact) mass is 560 g/mol. The molecular formula is C31H36N4O6. The van der Waals surface area contributed by atoms with Gasteiger partial charge in [0, 0.05) is 32.6 Å². The number of carbonyl (C=O) groups excluding carboxylic acids is 4. The van der Waals surface area contributed by atoms with E-state index in [0.717, 1.165) is 5.56 Å². The van der Waals surface area contributed by atoms with Crippen molar-refractivity contribution >= 4 is 23.8 Å². The van der Waals surface area contributed by atoms with E-state index in [-0.39, 0.29) is 49.2 Å². The number of nitrogens with zero attached hydrogens (tertiary/aromatic N) is 3. The number of amides is 4. The Morgan fingerprint density at radius 1 is 0.976 bits per heavy atom. The molecule has 2 aromatic carbocycles. The van der Waals surface area contributed by atoms with Gasteiger partial charge in [0.1, 0.15) is 11.5 Å². The predicted molar refractivity (Wildman–Crippen MR) is 151 cm³/mol. The maximum absolute atomic E-state index is 13.7. The van der Waals surface area contributed by atoms with Crippen molar-refractivity contribution in [2.24, 2.45) is 5.92 Å². The van der Waals surface area contributed by atoms with Crippen molar-refractivity contribution < 1.29 is 28.7 Å². The predicted octanol–water partition coefficient (Wildman–Crippen LogP) is 3.85. The number of nitrogens with one attached hydrogen (secondary N) is 1. The smallest absolute Gasteiger partial charge is 0.322 e. The minimum absolute atomic E-state index is 0.0474. The van der Waals surface area contributed by atoms with Crippen LogP contribution in [0.3, 0.4) is 0 Å². The molecule has 1 N–H and O–H groups in total. The molecule has 5 rings (SSSR count). The van der Waals surface area contributed by atoms with E-state index >= 15 is 0 Å². The van der Waals surface area contributed by atoms with Gasteiger partial charge in [-0.15, -0.1) is 0 Å². The van der Waals surface area contributed by atoms with Crippen molar-refractivity contribution in [1.29, 1.82) is 0 Å². The molecule has 1 fully saturated rings. The highest BCUT2D eigenvalue weighted by Crippen LogP contribution is 2.37. The molecule has 3 aliphatic heterocycles. The van der Waals surface area contributed by atoms with Gasteiger partial charge in [0.15, 0.2) is 0 Å². The molecule has 3 heterocycles. The fourth-order valence-electron chi connectivity index (χ4n) is 5.71. The van der Waals surface area contributed by atoms with Crippen LogP contribution in [-0.2, 0) is 19.1 Å². The van der Waals surface area contributed by atoms with E-state index in [1.807, 2.05) is 61.5 Å². The summed E-state index contributed by atoms with van der Waals surface area (Å²) >= 11 is 0. The summed E-state index contributed by atoms with van der Waals surface area (Å²) in [6, 6.07) is 15.9. The number of esters is 1. The lowest BCUT2D eigenvalue weighted by molar-refractivity contribution is -0.151. The van der Waals surface area contributed by atoms with Crippen LogP contribution in [0, 0.1) is 5.92 Å². The van der Waals surface area contributed by atoms with Gasteiger partial charge in [-0.1, -0.05) is 30.3 Å². The average molecular weight is 561 g/mol. The second kappa shape index (κ2) is 12.4. The van der Waals surface area contributed by atoms with E-state index in [9.17, 15) is 19.2 Å². The minimum atomic E-state index is -0.630. The summed E-state index contributed by atoms with van der Waals surface area (Å²) in [7, 11) is 0. The maximum Gasteiger partial charge on any atom is 0.322 e. The fourth-order valence-corrected chi connectivity index (χ4v) is 5.71. The summed E-state index contributed by atoms with van der Waals surface area (Å²) in [4.78, 5) is 56.8. The van der Waals surface area contributed by atoms with Crippen molar-refractivity contribution in [2.75, 3.05) is 39.3 Å². The lowest BCUT2D eigenvalue weighted by atomic mass is 9.95. The van der Waals surface area contributed by atoms with Crippen LogP contribution in [0.25, 0.3) is 0 Å². The largest absolute Gasteiger partial charge is 0.466 e. The number of hydrogen-bond acceptors (Lipinski definition) is 6. The Morgan fingerprint density at radius 3 is 2.41 bits per heavy atom. The van der Waals surface area contributed by atoms with Crippen LogP contribution in [-0.4, -0.2) is 77.8 Å². The normalized spacial score (nSPS) is 19.3. The highest BCUT2D eigenvalue weighted by molar-refractivity contribution is 6.01. The van der Waals surface area contributed by atoms with Gasteiger partial charge in [-0.25, -0.2) is 4.79 Å². The Morgan fingerprint density at radius 2 is 1.71 bits per heavy atom. The van der Waals surface area contributed by atoms with Crippen LogP contribution >= 0.6 is 0 Å². The van der Waals surface area contributed by atoms with Gasteiger partial charge >= 0.3 is 12.0 Å². The van der Waals surface area contributed by atoms with Crippen LogP contribution in [0.5, 0.6) is 11.5 Å². The van der Waals surface area contributed by atoms with Crippen molar-refractivity contribution in [1.82, 2.24) is 20.0 Å². The molecule has 216 valence electrons. The molecule has 2 aromatic rings. The van der Waals surface area contributed by atoms with Crippen molar-refractivity contribution in [3.05, 3.63) is 71.4 Å². The van der Waals surface area contributed by atoms with E-state index in [0.29, 0.717) is 61.9 Å². The number of para-hydroxylation sites is 1. The van der Waals surface area contributed by atoms with E-state index in [1.54, 1.807) is 21.6 Å². The highest BCUT2D eigenvalue weighted by atomic mass is 16.5. The Bertz CT molecular complexity index is 1340. The number of rotatable bonds is 9. The molecular weight excluding hydrogens is 524 g/mol. The van der Waals surface area contributed by atoms with Gasteiger partial charge in [-0.3, -0.25) is 19.3 Å². The van der Waals surface area contributed by atoms with Crippen LogP contribution in [0.4, 0.5) is 4.79 Å². The summed E-state index contributed by atoms with van der Waals surface area (Å²) in [5.74, 6) is 0.679. The van der Waals surface area contributed by atoms with Crippen LogP contribution in [0.1, 0.15) is 44.7 Å². The van der Waals surface area contributed by atoms with Crippen LogP contribution in [0.15, 0.2) is 65.9 Å². The first kappa shape index (κ1) is 28.2. The van der Waals surface area contributed by atoms with E-state index in [2.05, 4.69) is 5.32 Å². The molecule has 0 saturated carbocycles. The average Bonchev–Trinajstić information content (AvgIpc) is 3.32. The number of ether oxygens (including phenoxy) is 2. The van der Waals surface area contributed by atoms with Crippen LogP contribution < -0.4 is 10.1 Å². The topological polar surface area (TPSA) is 108 Å². The molecule has 1 unspecified atom stereocenters. The Labute approximate surface area is 239 Å². The first-order valence-corrected chi connectivity index (χ1v) is 14.3. The fraction of sp³-hybridized carbons (Fsp3) is 0.419. The van der Waals surface area contributed by atoms with Gasteiger partial charge in [0.05, 0.1) is 36.4 Å². The molecule has 4 amide bonds. The molecule has 10 nitrogen and oxygen atoms in total. The zero-order chi connectivity index (χ0) is 28.9. The minimum Gasteiger partial charge on any atom is -0.466 e. The first-order valence-electron chi connectivity index (χ1n) is 14.3. The molecule has 0 aliphatic carbocycles. The third-order valence-corrected chi connectivity index (χ3v) is 7.85. The summed E-state index contributed by atoms with van der Waals surface area (Å²) < 4.78 is 11.1. The second-order valence-corrected chi connectivity index (χ2v) is 10.4. The van der Waals surface area contributed by atoms with Gasteiger partial charge in [0.2, 0.25) is 5.91 Å². The van der Waals surface area contributed by atoms with Gasteiger partial charge < -0.3 is 24.6 Å². The lowest BCUT2D eigenvalue weighted by Crippen LogP contribution is -2.47. The van der Waals surface area contributed by atoms with E-state index in [1.165, 1.54) is 0 Å². The molecule has 0 aromatic heterocycles. The number of benzene rings is 2. The van der Waals surface area contributed by atoms with E-state index < -0.39 is 6.04 Å². The standard InChI is InChI=1S/C31H36N4O6/c1-3-35-25-20-34(18-15-26(36)33-16-13-21(14-17-33)30(38)40-4-2)29(37)27(25)28(32-31(35)39)22-9-8-12-24(19-22)41-23-10-6-5-7-11-23/h5-12,19,21,28H,3-4,13-18,20H2,1-2H3,(H,32,39). The van der Waals surface area contributed by atoms with Gasteiger partial charge in [-0.05, 0) is 56.5 Å². The summed E-state index contributed by atoms with van der Waals surface area (Å²) in [5, 5.41) is 3.00. The molecule has 10 heteroatoms. The second-order valence-electron chi connectivity index (χ2n) is 10.4. The van der Waals surface area contributed by atoms with Crippen molar-refractivity contribution in [2.45, 2.75) is 39.2 Å². The number of hydrogen-bond donors (Lipinski definition) is 1. The van der Waals surface area contributed by atoms with Crippen molar-refractivity contribution in [3.63, 3.8) is 0 Å². The molecule has 1 atom stereocenters. The number of piperidine rings is 1. The third kappa shape index (κ3) is 6.06. The molecule has 41 heavy (non-hydrogen) atoms. The summed E-state index contributed by atoms with van der Waals surface area (Å²) in [6.07, 6.45) is 1.34. The highest BCUT2D eigenvalue weighted by Gasteiger charge is 2.43. The maximum atomic E-state index is 13.7. The summed E-state index contributed by atoms with van der Waals surface area (Å²) in [5.41, 5.74) is 1.93. The van der Waals surface area contributed by atoms with Crippen molar-refractivity contribution in [3.8, 4) is 11.5 Å². The zero-order valence-corrected chi connectivity index (χ0v) is 23.5. The molecule has 0 bridgehead atoms. The number of likely N-dealkylation sites (tertiary alicyclic amines) is 1. The zero-order valence-electron chi connectivity index (χ0n) is 23.5. The molecule has 0 radical (unpaired) electrons.